The van der Waals surface area contributed by atoms with Crippen molar-refractivity contribution in [3.63, 3.8) is 0 Å². The summed E-state index contributed by atoms with van der Waals surface area (Å²) >= 11 is 0. The van der Waals surface area contributed by atoms with Crippen molar-refractivity contribution < 1.29 is 19.4 Å². The van der Waals surface area contributed by atoms with Crippen molar-refractivity contribution in [3.05, 3.63) is 47.4 Å². The first-order valence-electron chi connectivity index (χ1n) is 9.65. The Balaban J connectivity index is 0.00000136. The molecular weight excluding hydrogens is 357 g/mol. The Morgan fingerprint density at radius 1 is 1.21 bits per heavy atom. The molecule has 1 fully saturated rings. The topological polar surface area (TPSA) is 60.0 Å². The van der Waals surface area contributed by atoms with Crippen LogP contribution in [0.5, 0.6) is 0 Å². The summed E-state index contributed by atoms with van der Waals surface area (Å²) in [6.07, 6.45) is 1.90. The van der Waals surface area contributed by atoms with E-state index in [2.05, 4.69) is 22.1 Å². The number of halogens is 1. The van der Waals surface area contributed by atoms with Gasteiger partial charge in [-0.15, -0.1) is 0 Å². The lowest BCUT2D eigenvalue weighted by Crippen LogP contribution is -2.76. The number of quaternary nitrogens is 1. The zero-order valence-corrected chi connectivity index (χ0v) is 17.0. The molecule has 2 aromatic rings. The van der Waals surface area contributed by atoms with E-state index in [1.807, 2.05) is 26.8 Å². The molecule has 28 heavy (non-hydrogen) atoms. The lowest BCUT2D eigenvalue weighted by Gasteiger charge is -2.16. The van der Waals surface area contributed by atoms with Crippen LogP contribution in [0.4, 0.5) is 21.6 Å². The average Bonchev–Trinajstić information content (AvgIpc) is 2.73. The van der Waals surface area contributed by atoms with Gasteiger partial charge in [-0.25, -0.2) is 14.2 Å². The minimum absolute atomic E-state index is 0.274. The summed E-state index contributed by atoms with van der Waals surface area (Å²) in [7, 11) is 1.61. The smallest absolute Gasteiger partial charge is 0.184 e. The van der Waals surface area contributed by atoms with Crippen molar-refractivity contribution in [2.45, 2.75) is 33.6 Å². The Morgan fingerprint density at radius 3 is 2.54 bits per heavy atom. The van der Waals surface area contributed by atoms with Gasteiger partial charge in [0.15, 0.2) is 5.69 Å². The summed E-state index contributed by atoms with van der Waals surface area (Å²) in [6, 6.07) is 8.14. The number of hydrogen-bond acceptors (Lipinski definition) is 4. The molecule has 3 N–H and O–H groups in total. The third kappa shape index (κ3) is 6.31. The molecule has 6 heteroatoms. The van der Waals surface area contributed by atoms with Crippen molar-refractivity contribution >= 4 is 17.2 Å². The van der Waals surface area contributed by atoms with E-state index in [0.29, 0.717) is 11.7 Å². The van der Waals surface area contributed by atoms with Gasteiger partial charge < -0.3 is 10.1 Å². The molecule has 5 nitrogen and oxygen atoms in total. The Bertz CT molecular complexity index is 807. The number of pyridine rings is 1. The minimum Gasteiger partial charge on any atom is -0.381 e. The minimum atomic E-state index is -0.274. The van der Waals surface area contributed by atoms with Gasteiger partial charge in [0.05, 0.1) is 12.7 Å². The number of nitrogens with one attached hydrogen (secondary N) is 1. The molecule has 0 amide bonds. The highest BCUT2D eigenvalue weighted by Gasteiger charge is 2.14. The zero-order chi connectivity index (χ0) is 20.4. The maximum Gasteiger partial charge on any atom is 0.184 e. The number of nitrogens with zero attached hydrogens (tertiary/aromatic N) is 1. The maximum atomic E-state index is 13.1. The fourth-order valence-corrected chi connectivity index (χ4v) is 2.75. The van der Waals surface area contributed by atoms with E-state index in [1.165, 1.54) is 12.1 Å². The summed E-state index contributed by atoms with van der Waals surface area (Å²) < 4.78 is 18.5. The Labute approximate surface area is 166 Å². The van der Waals surface area contributed by atoms with E-state index >= 15 is 0 Å². The quantitative estimate of drug-likeness (QED) is 0.619. The highest BCUT2D eigenvalue weighted by atomic mass is 19.1. The zero-order valence-electron chi connectivity index (χ0n) is 17.0. The van der Waals surface area contributed by atoms with Crippen LogP contribution in [0.15, 0.2) is 30.3 Å². The number of aromatic nitrogens is 1. The molecule has 1 saturated heterocycles. The van der Waals surface area contributed by atoms with Crippen molar-refractivity contribution in [2.75, 3.05) is 25.6 Å². The third-order valence-corrected chi connectivity index (χ3v) is 4.24. The van der Waals surface area contributed by atoms with Gasteiger partial charge in [0.1, 0.15) is 17.3 Å². The number of benzene rings is 1. The highest BCUT2D eigenvalue weighted by Crippen LogP contribution is 2.23. The first kappa shape index (κ1) is 21.8. The predicted octanol–water partition coefficient (Wildman–Crippen LogP) is 3.83. The summed E-state index contributed by atoms with van der Waals surface area (Å²) in [4.78, 5) is 9.77. The van der Waals surface area contributed by atoms with Gasteiger partial charge in [0.25, 0.3) is 0 Å². The predicted molar refractivity (Wildman–Crippen MR) is 109 cm³/mol. The standard InChI is InChI=1S/C20H22FN3O2.C2H6/c1-14-19(24-25-2)13-16(4-3-15-9-11-26-12-10-15)20(22-14)23-18-7-5-17(21)6-8-18;1-2/h5-8,13,15,24H,9-12H2,1-2H3,(H,22,23);1-2H3/p+1. The number of ether oxygens (including phenoxy) is 1. The molecule has 0 unspecified atom stereocenters. The average molecular weight is 386 g/mol. The normalized spacial score (nSPS) is 13.8. The van der Waals surface area contributed by atoms with Gasteiger partial charge in [-0.2, -0.15) is 5.48 Å². The van der Waals surface area contributed by atoms with E-state index in [0.717, 1.165) is 48.7 Å². The van der Waals surface area contributed by atoms with Crippen molar-refractivity contribution in [1.29, 1.82) is 0 Å². The fraction of sp³-hybridized carbons (Fsp3) is 0.409. The van der Waals surface area contributed by atoms with Crippen LogP contribution in [0.1, 0.15) is 37.9 Å². The lowest BCUT2D eigenvalue weighted by atomic mass is 10.0. The SMILES string of the molecule is CC.CO[NH2+]c1cc(C#CC2CCOCC2)c(Nc2ccc(F)cc2)nc1C. The summed E-state index contributed by atoms with van der Waals surface area (Å²) in [6.45, 7) is 7.43. The Hall–Kier alpha value is -2.46. The van der Waals surface area contributed by atoms with Crippen LogP contribution >= 0.6 is 0 Å². The Morgan fingerprint density at radius 2 is 1.89 bits per heavy atom. The molecule has 2 heterocycles. The third-order valence-electron chi connectivity index (χ3n) is 4.24. The molecule has 1 aromatic heterocycles. The van der Waals surface area contributed by atoms with Crippen LogP contribution in [-0.2, 0) is 9.57 Å². The number of nitrogens with two attached hydrogens (primary N) is 1. The van der Waals surface area contributed by atoms with Gasteiger partial charge in [-0.3, -0.25) is 0 Å². The molecule has 1 aliphatic heterocycles. The molecular formula is C22H29FN3O2+. The van der Waals surface area contributed by atoms with Gasteiger partial charge in [0.2, 0.25) is 0 Å². The highest BCUT2D eigenvalue weighted by molar-refractivity contribution is 5.66. The second-order valence-electron chi connectivity index (χ2n) is 6.20. The maximum absolute atomic E-state index is 13.1. The summed E-state index contributed by atoms with van der Waals surface area (Å²) in [5, 5.41) is 3.24. The molecule has 0 bridgehead atoms. The second kappa shape index (κ2) is 11.4. The van der Waals surface area contributed by atoms with Gasteiger partial charge in [-0.1, -0.05) is 25.7 Å². The van der Waals surface area contributed by atoms with Crippen LogP contribution in [0.2, 0.25) is 0 Å². The van der Waals surface area contributed by atoms with E-state index in [4.69, 9.17) is 9.57 Å². The number of rotatable bonds is 4. The number of aryl methyl sites for hydroxylation is 1. The number of hydrogen-bond donors (Lipinski definition) is 2. The van der Waals surface area contributed by atoms with E-state index < -0.39 is 0 Å². The van der Waals surface area contributed by atoms with Crippen LogP contribution in [0.25, 0.3) is 0 Å². The molecule has 0 saturated carbocycles. The largest absolute Gasteiger partial charge is 0.381 e. The van der Waals surface area contributed by atoms with Crippen molar-refractivity contribution in [1.82, 2.24) is 4.98 Å². The van der Waals surface area contributed by atoms with Gasteiger partial charge in [-0.05, 0) is 44.0 Å². The molecule has 0 spiro atoms. The van der Waals surface area contributed by atoms with E-state index in [9.17, 15) is 4.39 Å². The van der Waals surface area contributed by atoms with E-state index in [1.54, 1.807) is 24.7 Å². The molecule has 0 aliphatic carbocycles. The summed E-state index contributed by atoms with van der Waals surface area (Å²) in [5.74, 6) is 7.31. The molecule has 1 aliphatic rings. The Kier molecular flexibility index (Phi) is 8.89. The van der Waals surface area contributed by atoms with Crippen LogP contribution in [0, 0.1) is 30.5 Å². The molecule has 0 atom stereocenters. The lowest BCUT2D eigenvalue weighted by molar-refractivity contribution is -0.830. The first-order chi connectivity index (χ1) is 13.7. The van der Waals surface area contributed by atoms with Gasteiger partial charge in [0, 0.05) is 30.9 Å². The molecule has 3 rings (SSSR count). The monoisotopic (exact) mass is 386 g/mol. The first-order valence-corrected chi connectivity index (χ1v) is 9.65. The molecule has 0 radical (unpaired) electrons. The second-order valence-corrected chi connectivity index (χ2v) is 6.20. The summed E-state index contributed by atoms with van der Waals surface area (Å²) in [5.41, 5.74) is 4.91. The number of anilines is 2. The van der Waals surface area contributed by atoms with Crippen LogP contribution in [0.3, 0.4) is 0 Å². The van der Waals surface area contributed by atoms with Crippen LogP contribution < -0.4 is 10.8 Å². The van der Waals surface area contributed by atoms with Crippen molar-refractivity contribution in [3.8, 4) is 11.8 Å². The fourth-order valence-electron chi connectivity index (χ4n) is 2.75. The molecule has 150 valence electrons. The van der Waals surface area contributed by atoms with Gasteiger partial charge >= 0.3 is 0 Å². The molecule has 1 aromatic carbocycles. The van der Waals surface area contributed by atoms with Crippen molar-refractivity contribution in [2.24, 2.45) is 5.92 Å². The van der Waals surface area contributed by atoms with E-state index in [-0.39, 0.29) is 5.82 Å². The van der Waals surface area contributed by atoms with Crippen LogP contribution in [-0.4, -0.2) is 25.3 Å².